The Morgan fingerprint density at radius 1 is 0.385 bits per heavy atom. The van der Waals surface area contributed by atoms with E-state index in [1.54, 1.807) is 0 Å². The fraction of sp³-hybridized carbons (Fsp3) is 0.900. The summed E-state index contributed by atoms with van der Waals surface area (Å²) in [6.45, 7) is 0. The molecule has 12 atom stereocenters. The third-order valence-corrected chi connectivity index (χ3v) is 8.23. The summed E-state index contributed by atoms with van der Waals surface area (Å²) in [6.07, 6.45) is -48.1. The van der Waals surface area contributed by atoms with Crippen LogP contribution in [-0.2, 0) is 19.4 Å². The maximum atomic E-state index is 14.5. The Morgan fingerprint density at radius 2 is 0.596 bits per heavy atom. The van der Waals surface area contributed by atoms with Gasteiger partial charge in [0.15, 0.2) is 49.4 Å². The van der Waals surface area contributed by atoms with Crippen molar-refractivity contribution in [2.75, 3.05) is 0 Å². The molecule has 32 heteroatoms. The highest BCUT2D eigenvalue weighted by atomic mass is 35.5. The number of halogens is 28. The molecule has 0 aromatic rings. The van der Waals surface area contributed by atoms with E-state index in [1.807, 2.05) is 0 Å². The van der Waals surface area contributed by atoms with E-state index >= 15 is 0 Å². The van der Waals surface area contributed by atoms with Gasteiger partial charge >= 0.3 is 45.9 Å². The molecule has 0 radical (unpaired) electrons. The Morgan fingerprint density at radius 3 is 0.788 bits per heavy atom. The molecule has 0 saturated carbocycles. The SMILES string of the molecule is O=C(OOC(=O)C(F)(F)C(F)(F)C(F)(Cl)C(F)(Cl)C(F)C(F)C(F)C(F)C(F)F)C(F)(F)C(F)(F)C(F)(Cl)C(F)(Cl)C(F)C(F)C(F)C(F)C(F)F. The van der Waals surface area contributed by atoms with Gasteiger partial charge in [0.1, 0.15) is 0 Å². The topological polar surface area (TPSA) is 52.6 Å². The minimum Gasteiger partial charge on any atom is -0.241 e. The van der Waals surface area contributed by atoms with Crippen LogP contribution in [0.15, 0.2) is 0 Å². The predicted octanol–water partition coefficient (Wildman–Crippen LogP) is 9.38. The molecule has 12 unspecified atom stereocenters. The lowest BCUT2D eigenvalue weighted by molar-refractivity contribution is -0.329. The summed E-state index contributed by atoms with van der Waals surface area (Å²) in [4.78, 5) is 27.1. The molecule has 0 rings (SSSR count). The average Bonchev–Trinajstić information content (AvgIpc) is 3.02. The first-order valence-electron chi connectivity index (χ1n) is 11.9. The highest BCUT2D eigenvalue weighted by molar-refractivity contribution is 6.35. The van der Waals surface area contributed by atoms with Gasteiger partial charge in [0, 0.05) is 0 Å². The maximum absolute atomic E-state index is 14.5. The van der Waals surface area contributed by atoms with E-state index in [-0.39, 0.29) is 0 Å². The third kappa shape index (κ3) is 8.46. The Bertz CT molecular complexity index is 1150. The molecule has 0 bridgehead atoms. The molecule has 0 aliphatic rings. The van der Waals surface area contributed by atoms with Crippen LogP contribution in [0.1, 0.15) is 0 Å². The summed E-state index contributed by atoms with van der Waals surface area (Å²) in [7, 11) is 0. The Kier molecular flexibility index (Phi) is 15.8. The number of hydrogen-bond acceptors (Lipinski definition) is 4. The second-order valence-corrected chi connectivity index (χ2v) is 11.7. The molecule has 0 amide bonds. The van der Waals surface area contributed by atoms with Crippen LogP contribution in [0.3, 0.4) is 0 Å². The van der Waals surface area contributed by atoms with E-state index in [1.165, 1.54) is 0 Å². The maximum Gasteiger partial charge on any atom is 0.431 e. The van der Waals surface area contributed by atoms with Crippen LogP contribution in [0.25, 0.3) is 0 Å². The summed E-state index contributed by atoms with van der Waals surface area (Å²) in [5.74, 6) is -39.7. The summed E-state index contributed by atoms with van der Waals surface area (Å²) in [5, 5.41) is -26.8. The number of carbonyl (C=O) groups excluding carboxylic acids is 2. The van der Waals surface area contributed by atoms with Crippen LogP contribution >= 0.6 is 46.4 Å². The van der Waals surface area contributed by atoms with Crippen LogP contribution in [0, 0.1) is 0 Å². The highest BCUT2D eigenvalue weighted by Gasteiger charge is 2.85. The number of carbonyl (C=O) groups is 2. The molecule has 0 aromatic heterocycles. The van der Waals surface area contributed by atoms with Gasteiger partial charge in [0.05, 0.1) is 0 Å². The van der Waals surface area contributed by atoms with Crippen molar-refractivity contribution in [3.8, 4) is 0 Å². The first-order chi connectivity index (χ1) is 22.7. The Hall–Kier alpha value is -1.58. The highest BCUT2D eigenvalue weighted by Crippen LogP contribution is 2.59. The van der Waals surface area contributed by atoms with Gasteiger partial charge in [-0.25, -0.2) is 89.6 Å². The zero-order chi connectivity index (χ0) is 42.3. The molecule has 0 aliphatic heterocycles. The molecule has 0 aromatic carbocycles. The van der Waals surface area contributed by atoms with Crippen molar-refractivity contribution in [1.82, 2.24) is 0 Å². The molecule has 0 aliphatic carbocycles. The van der Waals surface area contributed by atoms with E-state index in [0.29, 0.717) is 0 Å². The molecular weight excluding hydrogens is 902 g/mol. The van der Waals surface area contributed by atoms with Crippen LogP contribution < -0.4 is 0 Å². The van der Waals surface area contributed by atoms with Crippen LogP contribution in [0.5, 0.6) is 0 Å². The van der Waals surface area contributed by atoms with E-state index in [4.69, 9.17) is 0 Å². The average molecular weight is 912 g/mol. The van der Waals surface area contributed by atoms with E-state index in [9.17, 15) is 115 Å². The van der Waals surface area contributed by atoms with E-state index in [2.05, 4.69) is 56.2 Å². The third-order valence-electron chi connectivity index (χ3n) is 6.07. The monoisotopic (exact) mass is 910 g/mol. The standard InChI is InChI=1S/C20H10Cl4F24O4/c21-13(37,7(31)3(27)1(25)5(29)9(33)34)17(23,43)19(45,46)15(39,40)11(49)51-52-12(50)16(41,42)20(47,48)18(24,44)14(22,38)8(32)4(28)2(26)6(30)10(35)36/h1-10H. The minimum absolute atomic E-state index is 2.24. The molecule has 0 saturated heterocycles. The number of rotatable bonds is 18. The molecule has 0 heterocycles. The summed E-state index contributed by atoms with van der Waals surface area (Å²) in [6, 6.07) is 0. The Balaban J connectivity index is 6.38. The number of hydrogen-bond donors (Lipinski definition) is 0. The molecule has 0 fully saturated rings. The van der Waals surface area contributed by atoms with Gasteiger partial charge in [0.25, 0.3) is 23.1 Å². The Labute approximate surface area is 289 Å². The molecule has 52 heavy (non-hydrogen) atoms. The quantitative estimate of drug-likeness (QED) is 0.0596. The van der Waals surface area contributed by atoms with Gasteiger partial charge in [-0.3, -0.25) is 0 Å². The van der Waals surface area contributed by atoms with E-state index in [0.717, 1.165) is 0 Å². The molecular formula is C20H10Cl4F24O4. The summed E-state index contributed by atoms with van der Waals surface area (Å²) in [5.41, 5.74) is 0. The predicted molar refractivity (Wildman–Crippen MR) is 122 cm³/mol. The van der Waals surface area contributed by atoms with Crippen LogP contribution in [0.4, 0.5) is 105 Å². The fourth-order valence-electron chi connectivity index (χ4n) is 2.95. The van der Waals surface area contributed by atoms with Gasteiger partial charge in [-0.1, -0.05) is 46.4 Å². The minimum atomic E-state index is -7.70. The van der Waals surface area contributed by atoms with Crippen LogP contribution in [0.2, 0.25) is 0 Å². The van der Waals surface area contributed by atoms with Crippen molar-refractivity contribution in [2.45, 2.75) is 106 Å². The smallest absolute Gasteiger partial charge is 0.241 e. The van der Waals surface area contributed by atoms with Gasteiger partial charge in [0.2, 0.25) is 0 Å². The van der Waals surface area contributed by atoms with Crippen molar-refractivity contribution in [2.24, 2.45) is 0 Å². The summed E-state index contributed by atoms with van der Waals surface area (Å²) < 4.78 is 327. The number of alkyl halides is 28. The summed E-state index contributed by atoms with van der Waals surface area (Å²) >= 11 is 16.5. The van der Waals surface area contributed by atoms with Crippen LogP contribution in [-0.4, -0.2) is 118 Å². The normalized spacial score (nSPS) is 23.1. The lowest BCUT2D eigenvalue weighted by Gasteiger charge is -2.40. The van der Waals surface area contributed by atoms with Crippen molar-refractivity contribution in [1.29, 1.82) is 0 Å². The van der Waals surface area contributed by atoms with Crippen molar-refractivity contribution >= 4 is 58.3 Å². The first kappa shape index (κ1) is 50.4. The first-order valence-corrected chi connectivity index (χ1v) is 13.4. The van der Waals surface area contributed by atoms with Gasteiger partial charge in [-0.05, 0) is 0 Å². The van der Waals surface area contributed by atoms with Crippen molar-refractivity contribution in [3.63, 3.8) is 0 Å². The second kappa shape index (κ2) is 16.3. The molecule has 310 valence electrons. The molecule has 4 nitrogen and oxygen atoms in total. The van der Waals surface area contributed by atoms with Gasteiger partial charge < -0.3 is 0 Å². The van der Waals surface area contributed by atoms with Crippen molar-refractivity contribution < 1.29 is 125 Å². The van der Waals surface area contributed by atoms with Gasteiger partial charge in [-0.2, -0.15) is 35.1 Å². The second-order valence-electron chi connectivity index (χ2n) is 9.57. The lowest BCUT2D eigenvalue weighted by Crippen LogP contribution is -2.68. The lowest BCUT2D eigenvalue weighted by atomic mass is 9.94. The zero-order valence-corrected chi connectivity index (χ0v) is 26.0. The largest absolute Gasteiger partial charge is 0.431 e. The molecule has 0 N–H and O–H groups in total. The zero-order valence-electron chi connectivity index (χ0n) is 23.0. The van der Waals surface area contributed by atoms with Crippen molar-refractivity contribution in [3.05, 3.63) is 0 Å². The van der Waals surface area contributed by atoms with E-state index < -0.39 is 118 Å². The molecule has 0 spiro atoms. The van der Waals surface area contributed by atoms with Gasteiger partial charge in [-0.15, -0.1) is 0 Å². The fourth-order valence-corrected chi connectivity index (χ4v) is 3.87.